The predicted molar refractivity (Wildman–Crippen MR) is 104 cm³/mol. The van der Waals surface area contributed by atoms with Crippen molar-refractivity contribution in [3.8, 4) is 5.69 Å². The minimum Gasteiger partial charge on any atom is -0.370 e. The quantitative estimate of drug-likeness (QED) is 0.373. The Bertz CT molecular complexity index is 799. The molecule has 1 heterocycles. The van der Waals surface area contributed by atoms with E-state index in [1.54, 1.807) is 23.0 Å². The number of hydrogen-bond donors (Lipinski definition) is 2. The Balaban J connectivity index is 0.00000208. The molecular weight excluding hydrogens is 420 g/mol. The lowest BCUT2D eigenvalue weighted by Crippen LogP contribution is -2.22. The van der Waals surface area contributed by atoms with Gasteiger partial charge in [0.1, 0.15) is 5.82 Å². The molecule has 0 unspecified atom stereocenters. The Morgan fingerprint density at radius 1 is 1.08 bits per heavy atom. The summed E-state index contributed by atoms with van der Waals surface area (Å²) in [4.78, 5) is 4.26. The SMILES string of the molecule is I.NC(=NCc1ccn(-c2ccc(F)cc2)n1)Nc1ccccc1. The summed E-state index contributed by atoms with van der Waals surface area (Å²) in [6.45, 7) is 0.361. The van der Waals surface area contributed by atoms with Gasteiger partial charge in [0.2, 0.25) is 0 Å². The summed E-state index contributed by atoms with van der Waals surface area (Å²) in [6, 6.07) is 17.6. The van der Waals surface area contributed by atoms with Crippen LogP contribution < -0.4 is 11.1 Å². The Kier molecular flexibility index (Phi) is 6.30. The van der Waals surface area contributed by atoms with E-state index in [0.717, 1.165) is 17.1 Å². The highest BCUT2D eigenvalue weighted by Gasteiger charge is 2.02. The summed E-state index contributed by atoms with van der Waals surface area (Å²) in [5.41, 5.74) is 8.29. The first kappa shape index (κ1) is 17.9. The maximum Gasteiger partial charge on any atom is 0.193 e. The molecule has 0 spiro atoms. The molecule has 0 aliphatic heterocycles. The maximum atomic E-state index is 12.9. The van der Waals surface area contributed by atoms with Crippen LogP contribution in [0.3, 0.4) is 0 Å². The molecule has 124 valence electrons. The molecule has 0 aliphatic rings. The minimum atomic E-state index is -0.273. The van der Waals surface area contributed by atoms with Gasteiger partial charge in [-0.15, -0.1) is 24.0 Å². The van der Waals surface area contributed by atoms with Crippen LogP contribution in [0.5, 0.6) is 0 Å². The zero-order valence-electron chi connectivity index (χ0n) is 12.8. The second kappa shape index (κ2) is 8.44. The van der Waals surface area contributed by atoms with Crippen LogP contribution in [-0.4, -0.2) is 15.7 Å². The number of aromatic nitrogens is 2. The van der Waals surface area contributed by atoms with E-state index in [4.69, 9.17) is 5.73 Å². The van der Waals surface area contributed by atoms with Gasteiger partial charge in [-0.2, -0.15) is 5.10 Å². The molecule has 2 aromatic carbocycles. The zero-order chi connectivity index (χ0) is 16.1. The molecule has 0 amide bonds. The first-order valence-corrected chi connectivity index (χ1v) is 7.13. The number of benzene rings is 2. The fourth-order valence-electron chi connectivity index (χ4n) is 2.06. The van der Waals surface area contributed by atoms with Crippen molar-refractivity contribution in [1.82, 2.24) is 9.78 Å². The second-order valence-corrected chi connectivity index (χ2v) is 4.92. The first-order valence-electron chi connectivity index (χ1n) is 7.13. The lowest BCUT2D eigenvalue weighted by molar-refractivity contribution is 0.627. The first-order chi connectivity index (χ1) is 11.2. The summed E-state index contributed by atoms with van der Waals surface area (Å²) in [7, 11) is 0. The fraction of sp³-hybridized carbons (Fsp3) is 0.0588. The lowest BCUT2D eigenvalue weighted by Gasteiger charge is -2.04. The second-order valence-electron chi connectivity index (χ2n) is 4.92. The van der Waals surface area contributed by atoms with Crippen molar-refractivity contribution in [2.24, 2.45) is 10.7 Å². The molecule has 1 aromatic heterocycles. The van der Waals surface area contributed by atoms with Gasteiger partial charge in [-0.05, 0) is 42.5 Å². The van der Waals surface area contributed by atoms with Crippen molar-refractivity contribution in [2.75, 3.05) is 5.32 Å². The third-order valence-corrected chi connectivity index (χ3v) is 3.19. The van der Waals surface area contributed by atoms with E-state index in [-0.39, 0.29) is 29.8 Å². The van der Waals surface area contributed by atoms with Crippen molar-refractivity contribution >= 4 is 35.6 Å². The molecule has 0 saturated carbocycles. The standard InChI is InChI=1S/C17H16FN5.HI/c18-13-6-8-16(9-7-13)23-11-10-15(22-23)12-20-17(19)21-14-4-2-1-3-5-14;/h1-11H,12H2,(H3,19,20,21);1H. The van der Waals surface area contributed by atoms with Gasteiger partial charge in [-0.25, -0.2) is 14.1 Å². The summed E-state index contributed by atoms with van der Waals surface area (Å²) < 4.78 is 14.6. The van der Waals surface area contributed by atoms with Gasteiger partial charge in [0, 0.05) is 11.9 Å². The van der Waals surface area contributed by atoms with Crippen molar-refractivity contribution in [1.29, 1.82) is 0 Å². The van der Waals surface area contributed by atoms with Gasteiger partial charge in [0.25, 0.3) is 0 Å². The van der Waals surface area contributed by atoms with Gasteiger partial charge >= 0.3 is 0 Å². The Morgan fingerprint density at radius 2 is 1.79 bits per heavy atom. The van der Waals surface area contributed by atoms with E-state index in [2.05, 4.69) is 15.4 Å². The molecular formula is C17H17FIN5. The highest BCUT2D eigenvalue weighted by Crippen LogP contribution is 2.09. The molecule has 0 radical (unpaired) electrons. The Labute approximate surface area is 156 Å². The number of nitrogens with zero attached hydrogens (tertiary/aromatic N) is 3. The number of hydrogen-bond acceptors (Lipinski definition) is 2. The average Bonchev–Trinajstić information content (AvgIpc) is 3.04. The molecule has 0 saturated heterocycles. The molecule has 24 heavy (non-hydrogen) atoms. The van der Waals surface area contributed by atoms with E-state index in [1.807, 2.05) is 36.4 Å². The molecule has 3 rings (SSSR count). The summed E-state index contributed by atoms with van der Waals surface area (Å²) in [5.74, 6) is 0.0537. The van der Waals surface area contributed by atoms with Crippen LogP contribution in [0.15, 0.2) is 71.9 Å². The van der Waals surface area contributed by atoms with Crippen molar-refractivity contribution in [3.63, 3.8) is 0 Å². The van der Waals surface area contributed by atoms with Crippen LogP contribution in [0, 0.1) is 5.82 Å². The van der Waals surface area contributed by atoms with Crippen LogP contribution in [0.25, 0.3) is 5.69 Å². The number of para-hydroxylation sites is 1. The van der Waals surface area contributed by atoms with Gasteiger partial charge in [-0.1, -0.05) is 18.2 Å². The maximum absolute atomic E-state index is 12.9. The molecule has 5 nitrogen and oxygen atoms in total. The highest BCUT2D eigenvalue weighted by molar-refractivity contribution is 14.0. The molecule has 0 bridgehead atoms. The monoisotopic (exact) mass is 437 g/mol. The van der Waals surface area contributed by atoms with E-state index >= 15 is 0 Å². The molecule has 3 N–H and O–H groups in total. The van der Waals surface area contributed by atoms with Crippen LogP contribution >= 0.6 is 24.0 Å². The average molecular weight is 437 g/mol. The number of nitrogens with two attached hydrogens (primary N) is 1. The largest absolute Gasteiger partial charge is 0.370 e. The van der Waals surface area contributed by atoms with Crippen LogP contribution in [0.2, 0.25) is 0 Å². The Hall–Kier alpha value is -2.42. The smallest absolute Gasteiger partial charge is 0.193 e. The predicted octanol–water partition coefficient (Wildman–Crippen LogP) is 3.56. The normalized spacial score (nSPS) is 11.0. The topological polar surface area (TPSA) is 68.2 Å². The molecule has 7 heteroatoms. The van der Waals surface area contributed by atoms with E-state index in [9.17, 15) is 4.39 Å². The van der Waals surface area contributed by atoms with Gasteiger partial charge in [0.15, 0.2) is 5.96 Å². The molecule has 0 fully saturated rings. The number of guanidine groups is 1. The van der Waals surface area contributed by atoms with Crippen molar-refractivity contribution < 1.29 is 4.39 Å². The van der Waals surface area contributed by atoms with Gasteiger partial charge < -0.3 is 11.1 Å². The number of nitrogens with one attached hydrogen (secondary N) is 1. The minimum absolute atomic E-state index is 0. The fourth-order valence-corrected chi connectivity index (χ4v) is 2.06. The van der Waals surface area contributed by atoms with Gasteiger partial charge in [-0.3, -0.25) is 0 Å². The van der Waals surface area contributed by atoms with Crippen LogP contribution in [0.1, 0.15) is 5.69 Å². The molecule has 0 aliphatic carbocycles. The highest BCUT2D eigenvalue weighted by atomic mass is 127. The summed E-state index contributed by atoms with van der Waals surface area (Å²) >= 11 is 0. The third kappa shape index (κ3) is 4.79. The number of halogens is 2. The summed E-state index contributed by atoms with van der Waals surface area (Å²) in [6.07, 6.45) is 1.80. The summed E-state index contributed by atoms with van der Waals surface area (Å²) in [5, 5.41) is 7.40. The molecule has 3 aromatic rings. The van der Waals surface area contributed by atoms with Crippen LogP contribution in [0.4, 0.5) is 10.1 Å². The van der Waals surface area contributed by atoms with E-state index in [1.165, 1.54) is 12.1 Å². The van der Waals surface area contributed by atoms with Gasteiger partial charge in [0.05, 0.1) is 17.9 Å². The van der Waals surface area contributed by atoms with Crippen LogP contribution in [-0.2, 0) is 6.54 Å². The van der Waals surface area contributed by atoms with E-state index in [0.29, 0.717) is 12.5 Å². The number of rotatable bonds is 4. The van der Waals surface area contributed by atoms with Crippen molar-refractivity contribution in [2.45, 2.75) is 6.54 Å². The zero-order valence-corrected chi connectivity index (χ0v) is 15.1. The Morgan fingerprint density at radius 3 is 2.50 bits per heavy atom. The van der Waals surface area contributed by atoms with Crippen molar-refractivity contribution in [3.05, 3.63) is 78.4 Å². The molecule has 0 atom stereocenters. The lowest BCUT2D eigenvalue weighted by atomic mass is 10.3. The number of aliphatic imine (C=N–C) groups is 1. The number of anilines is 1. The third-order valence-electron chi connectivity index (χ3n) is 3.19. The van der Waals surface area contributed by atoms with E-state index < -0.39 is 0 Å².